The number of hydrogen-bond acceptors (Lipinski definition) is 6. The minimum atomic E-state index is -0.494. The Hall–Kier alpha value is -1.67. The maximum atomic E-state index is 11.7. The molecular weight excluding hydrogens is 320 g/mol. The molecule has 0 atom stereocenters. The first-order valence-electron chi connectivity index (χ1n) is 7.08. The van der Waals surface area contributed by atoms with E-state index >= 15 is 0 Å². The van der Waals surface area contributed by atoms with E-state index in [4.69, 9.17) is 0 Å². The molecule has 0 aliphatic heterocycles. The van der Waals surface area contributed by atoms with Crippen molar-refractivity contribution in [2.24, 2.45) is 0 Å². The molecule has 0 saturated heterocycles. The maximum absolute atomic E-state index is 11.7. The Labute approximate surface area is 136 Å². The number of urea groups is 1. The summed E-state index contributed by atoms with van der Waals surface area (Å²) in [6, 6.07) is -0.494. The van der Waals surface area contributed by atoms with E-state index in [9.17, 15) is 9.59 Å². The second kappa shape index (κ2) is 6.62. The third kappa shape index (κ3) is 3.07. The topological polar surface area (TPSA) is 84.0 Å². The summed E-state index contributed by atoms with van der Waals surface area (Å²) in [5, 5.41) is 6.54. The van der Waals surface area contributed by atoms with Crippen molar-refractivity contribution >= 4 is 45.3 Å². The molecule has 116 valence electrons. The van der Waals surface area contributed by atoms with Crippen LogP contribution >= 0.6 is 23.1 Å². The predicted octanol–water partition coefficient (Wildman–Crippen LogP) is 2.12. The van der Waals surface area contributed by atoms with Crippen molar-refractivity contribution in [3.8, 4) is 0 Å². The molecular formula is C14H16N4O2S2. The minimum Gasteiger partial charge on any atom is -0.341 e. The molecule has 3 amide bonds. The van der Waals surface area contributed by atoms with Crippen molar-refractivity contribution < 1.29 is 9.59 Å². The maximum Gasteiger partial charge on any atom is 0.321 e. The summed E-state index contributed by atoms with van der Waals surface area (Å²) in [6.07, 6.45) is 6.13. The molecule has 0 aromatic carbocycles. The standard InChI is InChI=1S/C14H16N4O2S2/c1-15-14(20)18-10(19)6-21-12-11-8-4-2-3-5-9(8)22-13(11)17-7-16-12/h7H,2-6H2,1H3,(H2,15,18,19,20). The average molecular weight is 336 g/mol. The number of aryl methyl sites for hydroxylation is 2. The van der Waals surface area contributed by atoms with E-state index in [0.29, 0.717) is 0 Å². The van der Waals surface area contributed by atoms with Crippen LogP contribution in [-0.4, -0.2) is 34.7 Å². The lowest BCUT2D eigenvalue weighted by molar-refractivity contribution is -0.117. The number of hydrogen-bond donors (Lipinski definition) is 2. The highest BCUT2D eigenvalue weighted by atomic mass is 32.2. The Bertz CT molecular complexity index is 729. The molecule has 0 fully saturated rings. The fourth-order valence-corrected chi connectivity index (χ4v) is 4.65. The first-order chi connectivity index (χ1) is 10.7. The van der Waals surface area contributed by atoms with Crippen molar-refractivity contribution in [3.05, 3.63) is 16.8 Å². The Balaban J connectivity index is 1.80. The number of amides is 3. The van der Waals surface area contributed by atoms with Gasteiger partial charge in [0.05, 0.1) is 5.75 Å². The summed E-state index contributed by atoms with van der Waals surface area (Å²) in [6.45, 7) is 0. The highest BCUT2D eigenvalue weighted by Crippen LogP contribution is 2.39. The highest BCUT2D eigenvalue weighted by Gasteiger charge is 2.20. The highest BCUT2D eigenvalue weighted by molar-refractivity contribution is 8.00. The molecule has 6 nitrogen and oxygen atoms in total. The molecule has 2 N–H and O–H groups in total. The fraction of sp³-hybridized carbons (Fsp3) is 0.429. The first kappa shape index (κ1) is 15.2. The number of carbonyl (C=O) groups excluding carboxylic acids is 2. The van der Waals surface area contributed by atoms with Gasteiger partial charge in [-0.2, -0.15) is 0 Å². The van der Waals surface area contributed by atoms with Crippen molar-refractivity contribution in [2.45, 2.75) is 30.7 Å². The Kier molecular flexibility index (Phi) is 4.58. The van der Waals surface area contributed by atoms with Gasteiger partial charge in [-0.3, -0.25) is 10.1 Å². The molecule has 2 aromatic heterocycles. The number of nitrogens with one attached hydrogen (secondary N) is 2. The monoisotopic (exact) mass is 336 g/mol. The molecule has 2 heterocycles. The smallest absolute Gasteiger partial charge is 0.321 e. The van der Waals surface area contributed by atoms with Gasteiger partial charge in [0.25, 0.3) is 0 Å². The van der Waals surface area contributed by atoms with Gasteiger partial charge in [0.2, 0.25) is 5.91 Å². The zero-order chi connectivity index (χ0) is 15.5. The lowest BCUT2D eigenvalue weighted by Gasteiger charge is -2.11. The molecule has 2 aromatic rings. The second-order valence-corrected chi connectivity index (χ2v) is 7.03. The van der Waals surface area contributed by atoms with Gasteiger partial charge < -0.3 is 5.32 Å². The first-order valence-corrected chi connectivity index (χ1v) is 8.89. The Morgan fingerprint density at radius 2 is 2.14 bits per heavy atom. The summed E-state index contributed by atoms with van der Waals surface area (Å²) in [4.78, 5) is 33.9. The summed E-state index contributed by atoms with van der Waals surface area (Å²) in [5.41, 5.74) is 1.35. The van der Waals surface area contributed by atoms with Crippen LogP contribution in [0.15, 0.2) is 11.4 Å². The molecule has 0 spiro atoms. The van der Waals surface area contributed by atoms with Crippen LogP contribution in [0, 0.1) is 0 Å². The van der Waals surface area contributed by atoms with Gasteiger partial charge in [0, 0.05) is 17.3 Å². The number of carbonyl (C=O) groups is 2. The van der Waals surface area contributed by atoms with Crippen LogP contribution in [-0.2, 0) is 17.6 Å². The number of thioether (sulfide) groups is 1. The van der Waals surface area contributed by atoms with Gasteiger partial charge in [-0.15, -0.1) is 11.3 Å². The van der Waals surface area contributed by atoms with E-state index in [1.165, 1.54) is 42.1 Å². The molecule has 0 unspecified atom stereocenters. The Morgan fingerprint density at radius 3 is 2.95 bits per heavy atom. The van der Waals surface area contributed by atoms with E-state index in [-0.39, 0.29) is 11.7 Å². The van der Waals surface area contributed by atoms with E-state index < -0.39 is 6.03 Å². The Morgan fingerprint density at radius 1 is 1.32 bits per heavy atom. The van der Waals surface area contributed by atoms with E-state index in [1.54, 1.807) is 17.7 Å². The van der Waals surface area contributed by atoms with Crippen LogP contribution in [0.3, 0.4) is 0 Å². The van der Waals surface area contributed by atoms with Crippen molar-refractivity contribution in [2.75, 3.05) is 12.8 Å². The lowest BCUT2D eigenvalue weighted by atomic mass is 9.97. The summed E-state index contributed by atoms with van der Waals surface area (Å²) >= 11 is 3.08. The second-order valence-electron chi connectivity index (χ2n) is 4.99. The number of rotatable bonds is 3. The van der Waals surface area contributed by atoms with Gasteiger partial charge >= 0.3 is 6.03 Å². The van der Waals surface area contributed by atoms with Gasteiger partial charge in [-0.1, -0.05) is 11.8 Å². The molecule has 1 aliphatic carbocycles. The largest absolute Gasteiger partial charge is 0.341 e. The summed E-state index contributed by atoms with van der Waals surface area (Å²) < 4.78 is 0. The van der Waals surface area contributed by atoms with Crippen LogP contribution in [0.1, 0.15) is 23.3 Å². The number of aromatic nitrogens is 2. The molecule has 0 saturated carbocycles. The van der Waals surface area contributed by atoms with E-state index in [0.717, 1.165) is 28.1 Å². The number of thiophene rings is 1. The minimum absolute atomic E-state index is 0.157. The van der Waals surface area contributed by atoms with Crippen LogP contribution in [0.4, 0.5) is 4.79 Å². The molecule has 0 radical (unpaired) electrons. The third-order valence-corrected chi connectivity index (χ3v) is 5.73. The molecule has 3 rings (SSSR count). The zero-order valence-corrected chi connectivity index (χ0v) is 13.8. The summed E-state index contributed by atoms with van der Waals surface area (Å²) in [7, 11) is 1.47. The molecule has 22 heavy (non-hydrogen) atoms. The van der Waals surface area contributed by atoms with E-state index in [1.807, 2.05) is 0 Å². The number of fused-ring (bicyclic) bond motifs is 3. The van der Waals surface area contributed by atoms with Gasteiger partial charge in [-0.05, 0) is 31.2 Å². The lowest BCUT2D eigenvalue weighted by Crippen LogP contribution is -2.38. The van der Waals surface area contributed by atoms with Crippen LogP contribution in [0.2, 0.25) is 0 Å². The number of imide groups is 1. The van der Waals surface area contributed by atoms with Crippen molar-refractivity contribution in [1.29, 1.82) is 0 Å². The van der Waals surface area contributed by atoms with Gasteiger partial charge in [0.1, 0.15) is 16.2 Å². The van der Waals surface area contributed by atoms with Crippen LogP contribution < -0.4 is 10.6 Å². The quantitative estimate of drug-likeness (QED) is 0.662. The fourth-order valence-electron chi connectivity index (χ4n) is 2.53. The third-order valence-electron chi connectivity index (χ3n) is 3.54. The summed E-state index contributed by atoms with van der Waals surface area (Å²) in [5.74, 6) is -0.176. The molecule has 0 bridgehead atoms. The SMILES string of the molecule is CNC(=O)NC(=O)CSc1ncnc2sc3c(c12)CCCC3. The normalized spacial score (nSPS) is 13.7. The van der Waals surface area contributed by atoms with Crippen LogP contribution in [0.5, 0.6) is 0 Å². The average Bonchev–Trinajstić information content (AvgIpc) is 2.91. The number of nitrogens with zero attached hydrogens (tertiary/aromatic N) is 2. The van der Waals surface area contributed by atoms with Gasteiger partial charge in [0.15, 0.2) is 0 Å². The molecule has 8 heteroatoms. The predicted molar refractivity (Wildman–Crippen MR) is 87.4 cm³/mol. The molecule has 1 aliphatic rings. The van der Waals surface area contributed by atoms with Gasteiger partial charge in [-0.25, -0.2) is 14.8 Å². The van der Waals surface area contributed by atoms with Crippen molar-refractivity contribution in [1.82, 2.24) is 20.6 Å². The van der Waals surface area contributed by atoms with E-state index in [2.05, 4.69) is 20.6 Å². The zero-order valence-electron chi connectivity index (χ0n) is 12.1. The van der Waals surface area contributed by atoms with Crippen molar-refractivity contribution in [3.63, 3.8) is 0 Å². The van der Waals surface area contributed by atoms with Crippen LogP contribution in [0.25, 0.3) is 10.2 Å².